The monoisotopic (exact) mass is 244 g/mol. The lowest BCUT2D eigenvalue weighted by atomic mass is 9.76. The molecule has 18 heavy (non-hydrogen) atoms. The van der Waals surface area contributed by atoms with Crippen molar-refractivity contribution in [1.29, 1.82) is 0 Å². The van der Waals surface area contributed by atoms with Gasteiger partial charge >= 0.3 is 0 Å². The summed E-state index contributed by atoms with van der Waals surface area (Å²) in [5, 5.41) is 0. The van der Waals surface area contributed by atoms with E-state index < -0.39 is 0 Å². The molecular formula is C16H24N2. The summed E-state index contributed by atoms with van der Waals surface area (Å²) in [5.41, 5.74) is 8.98. The van der Waals surface area contributed by atoms with E-state index in [1.54, 1.807) is 11.1 Å². The van der Waals surface area contributed by atoms with Crippen molar-refractivity contribution in [1.82, 2.24) is 4.90 Å². The van der Waals surface area contributed by atoms with Gasteiger partial charge in [0.1, 0.15) is 0 Å². The lowest BCUT2D eigenvalue weighted by Gasteiger charge is -2.42. The Morgan fingerprint density at radius 1 is 1.28 bits per heavy atom. The topological polar surface area (TPSA) is 29.3 Å². The van der Waals surface area contributed by atoms with Crippen LogP contribution in [0.2, 0.25) is 0 Å². The van der Waals surface area contributed by atoms with Crippen molar-refractivity contribution in [2.24, 2.45) is 11.7 Å². The number of nitrogens with two attached hydrogens (primary N) is 1. The zero-order valence-corrected chi connectivity index (χ0v) is 11.3. The first-order chi connectivity index (χ1) is 8.78. The normalized spacial score (nSPS) is 31.8. The molecule has 2 aliphatic rings. The first-order valence-corrected chi connectivity index (χ1v) is 7.30. The van der Waals surface area contributed by atoms with Crippen LogP contribution in [-0.2, 0) is 6.42 Å². The summed E-state index contributed by atoms with van der Waals surface area (Å²) in [6.45, 7) is 5.66. The van der Waals surface area contributed by atoms with Crippen molar-refractivity contribution in [2.75, 3.05) is 19.6 Å². The summed E-state index contributed by atoms with van der Waals surface area (Å²) in [6, 6.07) is 9.64. The minimum Gasteiger partial charge on any atom is -0.330 e. The Morgan fingerprint density at radius 2 is 2.11 bits per heavy atom. The maximum atomic E-state index is 5.84. The third-order valence-electron chi connectivity index (χ3n) is 4.86. The highest BCUT2D eigenvalue weighted by Crippen LogP contribution is 2.36. The molecule has 3 rings (SSSR count). The first-order valence-electron chi connectivity index (χ1n) is 7.30. The number of likely N-dealkylation sites (tertiary alicyclic amines) is 1. The third-order valence-corrected chi connectivity index (χ3v) is 4.86. The molecule has 0 aromatic heterocycles. The first kappa shape index (κ1) is 12.2. The molecule has 0 saturated carbocycles. The molecule has 0 radical (unpaired) electrons. The second kappa shape index (κ2) is 5.02. The van der Waals surface area contributed by atoms with Gasteiger partial charge in [0.05, 0.1) is 0 Å². The Balaban J connectivity index is 1.63. The van der Waals surface area contributed by atoms with Crippen LogP contribution in [-0.4, -0.2) is 30.6 Å². The summed E-state index contributed by atoms with van der Waals surface area (Å²) in [4.78, 5) is 2.67. The molecule has 0 amide bonds. The van der Waals surface area contributed by atoms with Crippen molar-refractivity contribution in [2.45, 2.75) is 38.1 Å². The third kappa shape index (κ3) is 2.19. The molecule has 2 nitrogen and oxygen atoms in total. The number of hydrogen-bond acceptors (Lipinski definition) is 2. The molecule has 1 aromatic rings. The number of piperidine rings is 1. The predicted octanol–water partition coefficient (Wildman–Crippen LogP) is 2.39. The zero-order valence-electron chi connectivity index (χ0n) is 11.3. The van der Waals surface area contributed by atoms with E-state index in [4.69, 9.17) is 5.73 Å². The number of benzene rings is 1. The van der Waals surface area contributed by atoms with Crippen molar-refractivity contribution in [3.05, 3.63) is 35.4 Å². The van der Waals surface area contributed by atoms with Gasteiger partial charge < -0.3 is 5.73 Å². The zero-order chi connectivity index (χ0) is 12.5. The van der Waals surface area contributed by atoms with E-state index in [1.165, 1.54) is 32.4 Å². The van der Waals surface area contributed by atoms with Crippen molar-refractivity contribution in [3.63, 3.8) is 0 Å². The molecule has 1 aromatic carbocycles. The maximum Gasteiger partial charge on any atom is 0.00674 e. The van der Waals surface area contributed by atoms with Gasteiger partial charge in [-0.1, -0.05) is 24.3 Å². The number of nitrogens with zero attached hydrogens (tertiary/aromatic N) is 1. The van der Waals surface area contributed by atoms with Gasteiger partial charge in [-0.2, -0.15) is 0 Å². The van der Waals surface area contributed by atoms with Gasteiger partial charge in [-0.15, -0.1) is 0 Å². The average molecular weight is 244 g/mol. The highest BCUT2D eigenvalue weighted by molar-refractivity contribution is 5.40. The number of hydrogen-bond donors (Lipinski definition) is 1. The fraction of sp³-hybridized carbons (Fsp3) is 0.625. The Labute approximate surface area is 110 Å². The van der Waals surface area contributed by atoms with Crippen LogP contribution in [0.15, 0.2) is 24.3 Å². The molecule has 0 bridgehead atoms. The van der Waals surface area contributed by atoms with Crippen LogP contribution >= 0.6 is 0 Å². The highest BCUT2D eigenvalue weighted by atomic mass is 15.2. The second-order valence-electron chi connectivity index (χ2n) is 6.08. The summed E-state index contributed by atoms with van der Waals surface area (Å²) >= 11 is 0. The average Bonchev–Trinajstić information content (AvgIpc) is 2.38. The van der Waals surface area contributed by atoms with E-state index >= 15 is 0 Å². The van der Waals surface area contributed by atoms with Gasteiger partial charge in [0.15, 0.2) is 0 Å². The lowest BCUT2D eigenvalue weighted by Crippen LogP contribution is -2.46. The fourth-order valence-corrected chi connectivity index (χ4v) is 3.52. The quantitative estimate of drug-likeness (QED) is 0.884. The second-order valence-corrected chi connectivity index (χ2v) is 6.08. The van der Waals surface area contributed by atoms with Crippen LogP contribution in [0.5, 0.6) is 0 Å². The van der Waals surface area contributed by atoms with E-state index in [-0.39, 0.29) is 0 Å². The summed E-state index contributed by atoms with van der Waals surface area (Å²) in [5.74, 6) is 1.48. The van der Waals surface area contributed by atoms with Crippen LogP contribution in [0.3, 0.4) is 0 Å². The molecule has 1 aliphatic carbocycles. The highest BCUT2D eigenvalue weighted by Gasteiger charge is 2.31. The molecule has 1 fully saturated rings. The molecular weight excluding hydrogens is 220 g/mol. The summed E-state index contributed by atoms with van der Waals surface area (Å²) < 4.78 is 0. The van der Waals surface area contributed by atoms with Gasteiger partial charge in [0.2, 0.25) is 0 Å². The van der Waals surface area contributed by atoms with Gasteiger partial charge in [-0.05, 0) is 49.8 Å². The minimum absolute atomic E-state index is 0.719. The molecule has 2 N–H and O–H groups in total. The Bertz CT molecular complexity index is 415. The van der Waals surface area contributed by atoms with Crippen molar-refractivity contribution >= 4 is 0 Å². The summed E-state index contributed by atoms with van der Waals surface area (Å²) in [7, 11) is 0. The van der Waals surface area contributed by atoms with Crippen molar-refractivity contribution in [3.8, 4) is 0 Å². The van der Waals surface area contributed by atoms with Gasteiger partial charge in [0.25, 0.3) is 0 Å². The fourth-order valence-electron chi connectivity index (χ4n) is 3.52. The maximum absolute atomic E-state index is 5.84. The van der Waals surface area contributed by atoms with Gasteiger partial charge in [-0.3, -0.25) is 4.90 Å². The minimum atomic E-state index is 0.719. The van der Waals surface area contributed by atoms with Crippen molar-refractivity contribution < 1.29 is 0 Å². The summed E-state index contributed by atoms with van der Waals surface area (Å²) in [6.07, 6.45) is 3.90. The van der Waals surface area contributed by atoms with Gasteiger partial charge in [0, 0.05) is 25.0 Å². The number of rotatable bonds is 3. The van der Waals surface area contributed by atoms with E-state index in [1.807, 2.05) is 0 Å². The molecule has 2 heteroatoms. The van der Waals surface area contributed by atoms with E-state index in [2.05, 4.69) is 36.1 Å². The molecule has 3 atom stereocenters. The van der Waals surface area contributed by atoms with Crippen LogP contribution < -0.4 is 5.73 Å². The predicted molar refractivity (Wildman–Crippen MR) is 75.7 cm³/mol. The molecule has 1 saturated heterocycles. The van der Waals surface area contributed by atoms with Crippen LogP contribution in [0, 0.1) is 5.92 Å². The lowest BCUT2D eigenvalue weighted by molar-refractivity contribution is 0.110. The van der Waals surface area contributed by atoms with Gasteiger partial charge in [-0.25, -0.2) is 0 Å². The Morgan fingerprint density at radius 3 is 2.89 bits per heavy atom. The largest absolute Gasteiger partial charge is 0.330 e. The van der Waals surface area contributed by atoms with E-state index in [0.717, 1.165) is 24.4 Å². The molecule has 98 valence electrons. The molecule has 1 aliphatic heterocycles. The Hall–Kier alpha value is -0.860. The van der Waals surface area contributed by atoms with Crippen LogP contribution in [0.25, 0.3) is 0 Å². The standard InChI is InChI=1S/C16H24N2/c1-12-6-7-13(9-17)10-18(12)11-15-8-14-4-2-3-5-16(14)15/h2-5,12-13,15H,6-11,17H2,1H3. The molecule has 3 unspecified atom stereocenters. The SMILES string of the molecule is CC1CCC(CN)CN1CC1Cc2ccccc21. The van der Waals surface area contributed by atoms with E-state index in [9.17, 15) is 0 Å². The van der Waals surface area contributed by atoms with E-state index in [0.29, 0.717) is 0 Å². The van der Waals surface area contributed by atoms with Crippen LogP contribution in [0.4, 0.5) is 0 Å². The smallest absolute Gasteiger partial charge is 0.00674 e. The Kier molecular flexibility index (Phi) is 3.40. The van der Waals surface area contributed by atoms with Crippen LogP contribution in [0.1, 0.15) is 36.8 Å². The molecule has 0 spiro atoms. The molecule has 1 heterocycles. The number of fused-ring (bicyclic) bond motifs is 1.